The van der Waals surface area contributed by atoms with E-state index in [1.165, 1.54) is 24.8 Å². The first kappa shape index (κ1) is 10.1. The fourth-order valence-electron chi connectivity index (χ4n) is 1.75. The summed E-state index contributed by atoms with van der Waals surface area (Å²) in [7, 11) is 0. The van der Waals surface area contributed by atoms with Gasteiger partial charge >= 0.3 is 0 Å². The van der Waals surface area contributed by atoms with Gasteiger partial charge in [0.05, 0.1) is 0 Å². The van der Waals surface area contributed by atoms with Crippen LogP contribution in [0.15, 0.2) is 12.2 Å². The lowest BCUT2D eigenvalue weighted by Gasteiger charge is -2.18. The van der Waals surface area contributed by atoms with Gasteiger partial charge in [-0.25, -0.2) is 0 Å². The topological polar surface area (TPSA) is 12.0 Å². The van der Waals surface area contributed by atoms with E-state index in [0.717, 1.165) is 17.8 Å². The Morgan fingerprint density at radius 1 is 1.58 bits per heavy atom. The minimum absolute atomic E-state index is 0.733. The normalized spacial score (nSPS) is 29.2. The third-order valence-corrected chi connectivity index (χ3v) is 3.59. The zero-order valence-corrected chi connectivity index (χ0v) is 8.91. The molecule has 0 bridgehead atoms. The standard InChI is InChI=1S/C10H19NS/c1-8(2)7-11-9-5-4-6-10(9)12-3/h9-11H,1,4-7H2,2-3H3. The van der Waals surface area contributed by atoms with Crippen LogP contribution in [0.5, 0.6) is 0 Å². The van der Waals surface area contributed by atoms with Gasteiger partial charge in [-0.3, -0.25) is 0 Å². The molecule has 1 aliphatic carbocycles. The lowest BCUT2D eigenvalue weighted by molar-refractivity contribution is 0.558. The van der Waals surface area contributed by atoms with E-state index >= 15 is 0 Å². The molecule has 0 spiro atoms. The summed E-state index contributed by atoms with van der Waals surface area (Å²) in [6.45, 7) is 6.96. The molecule has 12 heavy (non-hydrogen) atoms. The Hall–Kier alpha value is 0.0500. The van der Waals surface area contributed by atoms with Crippen molar-refractivity contribution in [3.63, 3.8) is 0 Å². The van der Waals surface area contributed by atoms with Gasteiger partial charge in [0.1, 0.15) is 0 Å². The molecule has 2 atom stereocenters. The largest absolute Gasteiger partial charge is 0.309 e. The Balaban J connectivity index is 2.26. The van der Waals surface area contributed by atoms with Crippen LogP contribution in [0.25, 0.3) is 0 Å². The van der Waals surface area contributed by atoms with Crippen LogP contribution < -0.4 is 5.32 Å². The molecule has 0 amide bonds. The Morgan fingerprint density at radius 3 is 2.92 bits per heavy atom. The van der Waals surface area contributed by atoms with Gasteiger partial charge in [0.25, 0.3) is 0 Å². The van der Waals surface area contributed by atoms with Crippen LogP contribution in [0.4, 0.5) is 0 Å². The highest BCUT2D eigenvalue weighted by molar-refractivity contribution is 7.99. The quantitative estimate of drug-likeness (QED) is 0.675. The van der Waals surface area contributed by atoms with Gasteiger partial charge in [-0.05, 0) is 26.0 Å². The first-order valence-electron chi connectivity index (χ1n) is 4.64. The number of rotatable bonds is 4. The second kappa shape index (κ2) is 4.93. The maximum absolute atomic E-state index is 3.90. The highest BCUT2D eigenvalue weighted by Crippen LogP contribution is 2.28. The molecule has 0 radical (unpaired) electrons. The van der Waals surface area contributed by atoms with Gasteiger partial charge < -0.3 is 5.32 Å². The Morgan fingerprint density at radius 2 is 2.33 bits per heavy atom. The molecule has 2 heteroatoms. The molecule has 0 aromatic carbocycles. The second-order valence-corrected chi connectivity index (χ2v) is 4.73. The first-order chi connectivity index (χ1) is 5.74. The van der Waals surface area contributed by atoms with E-state index in [1.54, 1.807) is 0 Å². The maximum Gasteiger partial charge on any atom is 0.0198 e. The lowest BCUT2D eigenvalue weighted by Crippen LogP contribution is -2.34. The van der Waals surface area contributed by atoms with Crippen LogP contribution in [-0.2, 0) is 0 Å². The van der Waals surface area contributed by atoms with Crippen LogP contribution in [0.3, 0.4) is 0 Å². The van der Waals surface area contributed by atoms with Gasteiger partial charge in [0.15, 0.2) is 0 Å². The fraction of sp³-hybridized carbons (Fsp3) is 0.800. The predicted molar refractivity (Wildman–Crippen MR) is 57.8 cm³/mol. The van der Waals surface area contributed by atoms with Crippen LogP contribution >= 0.6 is 11.8 Å². The van der Waals surface area contributed by atoms with Gasteiger partial charge in [-0.15, -0.1) is 0 Å². The van der Waals surface area contributed by atoms with Crippen molar-refractivity contribution in [2.75, 3.05) is 12.8 Å². The number of hydrogen-bond acceptors (Lipinski definition) is 2. The summed E-state index contributed by atoms with van der Waals surface area (Å²) >= 11 is 2.00. The third-order valence-electron chi connectivity index (χ3n) is 2.42. The zero-order valence-electron chi connectivity index (χ0n) is 8.10. The fourth-order valence-corrected chi connectivity index (χ4v) is 2.71. The van der Waals surface area contributed by atoms with E-state index in [1.807, 2.05) is 11.8 Å². The molecule has 0 aromatic rings. The summed E-state index contributed by atoms with van der Waals surface area (Å²) < 4.78 is 0. The Kier molecular flexibility index (Phi) is 4.16. The molecule has 1 nitrogen and oxygen atoms in total. The number of hydrogen-bond donors (Lipinski definition) is 1. The predicted octanol–water partition coefficient (Wildman–Crippen LogP) is 2.44. The van der Waals surface area contributed by atoms with Crippen molar-refractivity contribution in [3.8, 4) is 0 Å². The maximum atomic E-state index is 3.90. The Labute approximate surface area is 80.0 Å². The minimum Gasteiger partial charge on any atom is -0.309 e. The number of nitrogens with one attached hydrogen (secondary N) is 1. The van der Waals surface area contributed by atoms with Gasteiger partial charge in [0.2, 0.25) is 0 Å². The SMILES string of the molecule is C=C(C)CNC1CCCC1SC. The average Bonchev–Trinajstić information content (AvgIpc) is 2.47. The van der Waals surface area contributed by atoms with Crippen molar-refractivity contribution < 1.29 is 0 Å². The van der Waals surface area contributed by atoms with E-state index in [2.05, 4.69) is 25.1 Å². The molecular formula is C10H19NS. The van der Waals surface area contributed by atoms with Crippen molar-refractivity contribution >= 4 is 11.8 Å². The highest BCUT2D eigenvalue weighted by Gasteiger charge is 2.25. The molecule has 1 saturated carbocycles. The molecule has 0 aromatic heterocycles. The molecule has 2 unspecified atom stereocenters. The van der Waals surface area contributed by atoms with Gasteiger partial charge in [-0.1, -0.05) is 18.6 Å². The van der Waals surface area contributed by atoms with Crippen molar-refractivity contribution in [1.82, 2.24) is 5.32 Å². The summed E-state index contributed by atoms with van der Waals surface area (Å²) in [4.78, 5) is 0. The lowest BCUT2D eigenvalue weighted by atomic mass is 10.2. The molecule has 1 rings (SSSR count). The van der Waals surface area contributed by atoms with Gasteiger partial charge in [-0.2, -0.15) is 11.8 Å². The van der Waals surface area contributed by atoms with Crippen LogP contribution in [-0.4, -0.2) is 24.1 Å². The second-order valence-electron chi connectivity index (χ2n) is 3.65. The molecule has 1 N–H and O–H groups in total. The number of thioether (sulfide) groups is 1. The molecule has 0 aliphatic heterocycles. The molecule has 0 heterocycles. The zero-order chi connectivity index (χ0) is 8.97. The van der Waals surface area contributed by atoms with E-state index in [-0.39, 0.29) is 0 Å². The van der Waals surface area contributed by atoms with Crippen molar-refractivity contribution in [2.24, 2.45) is 0 Å². The van der Waals surface area contributed by atoms with Crippen LogP contribution in [0.2, 0.25) is 0 Å². The molecular weight excluding hydrogens is 166 g/mol. The third kappa shape index (κ3) is 2.83. The Bertz CT molecular complexity index is 156. The van der Waals surface area contributed by atoms with E-state index in [0.29, 0.717) is 0 Å². The molecule has 0 saturated heterocycles. The van der Waals surface area contributed by atoms with Crippen molar-refractivity contribution in [1.29, 1.82) is 0 Å². The molecule has 70 valence electrons. The van der Waals surface area contributed by atoms with E-state index in [4.69, 9.17) is 0 Å². The van der Waals surface area contributed by atoms with Crippen LogP contribution in [0, 0.1) is 0 Å². The highest BCUT2D eigenvalue weighted by atomic mass is 32.2. The average molecular weight is 185 g/mol. The summed E-state index contributed by atoms with van der Waals surface area (Å²) in [5.74, 6) is 0. The molecule has 1 fully saturated rings. The van der Waals surface area contributed by atoms with E-state index < -0.39 is 0 Å². The first-order valence-corrected chi connectivity index (χ1v) is 5.93. The summed E-state index contributed by atoms with van der Waals surface area (Å²) in [6, 6.07) is 0.733. The smallest absolute Gasteiger partial charge is 0.0198 e. The monoisotopic (exact) mass is 185 g/mol. The summed E-state index contributed by atoms with van der Waals surface area (Å²) in [6.07, 6.45) is 6.33. The van der Waals surface area contributed by atoms with E-state index in [9.17, 15) is 0 Å². The van der Waals surface area contributed by atoms with Gasteiger partial charge in [0, 0.05) is 17.8 Å². The summed E-state index contributed by atoms with van der Waals surface area (Å²) in [5.41, 5.74) is 1.24. The minimum atomic E-state index is 0.733. The molecule has 1 aliphatic rings. The van der Waals surface area contributed by atoms with Crippen molar-refractivity contribution in [2.45, 2.75) is 37.5 Å². The van der Waals surface area contributed by atoms with Crippen LogP contribution in [0.1, 0.15) is 26.2 Å². The summed E-state index contributed by atoms with van der Waals surface area (Å²) in [5, 5.41) is 4.40. The van der Waals surface area contributed by atoms with Crippen molar-refractivity contribution in [3.05, 3.63) is 12.2 Å².